The van der Waals surface area contributed by atoms with Gasteiger partial charge in [0.25, 0.3) is 0 Å². The molecule has 3 amide bonds. The molecule has 2 heterocycles. The maximum absolute atomic E-state index is 12.8. The lowest BCUT2D eigenvalue weighted by Gasteiger charge is -2.28. The number of fused-ring (bicyclic) bond motifs is 5. The summed E-state index contributed by atoms with van der Waals surface area (Å²) in [5, 5.41) is 8.94. The molecule has 2 saturated carbocycles. The molecule has 24 heavy (non-hydrogen) atoms. The number of carbonyl (C=O) groups excluding carboxylic acids is 3. The molecule has 0 spiro atoms. The molecule has 7 nitrogen and oxygen atoms in total. The first-order valence-electron chi connectivity index (χ1n) is 9.15. The third-order valence-electron chi connectivity index (χ3n) is 6.74. The quantitative estimate of drug-likeness (QED) is 0.523. The zero-order valence-electron chi connectivity index (χ0n) is 13.8. The van der Waals surface area contributed by atoms with E-state index in [-0.39, 0.29) is 23.8 Å². The summed E-state index contributed by atoms with van der Waals surface area (Å²) in [5.41, 5.74) is 5.47. The van der Waals surface area contributed by atoms with Gasteiger partial charge >= 0.3 is 0 Å². The minimum atomic E-state index is -0.772. The number of nitrogens with one attached hydrogen (secondary N) is 3. The van der Waals surface area contributed by atoms with Crippen molar-refractivity contribution in [1.82, 2.24) is 16.0 Å². The predicted molar refractivity (Wildman–Crippen MR) is 86.5 cm³/mol. The number of rotatable bonds is 5. The maximum Gasteiger partial charge on any atom is 0.240 e. The van der Waals surface area contributed by atoms with Crippen LogP contribution < -0.4 is 21.7 Å². The first-order valence-corrected chi connectivity index (χ1v) is 9.15. The van der Waals surface area contributed by atoms with E-state index in [0.29, 0.717) is 37.1 Å². The molecule has 0 radical (unpaired) electrons. The third kappa shape index (κ3) is 2.59. The van der Waals surface area contributed by atoms with Crippen LogP contribution in [0, 0.1) is 29.6 Å². The molecule has 2 saturated heterocycles. The molecule has 2 aliphatic heterocycles. The van der Waals surface area contributed by atoms with E-state index in [1.807, 2.05) is 0 Å². The van der Waals surface area contributed by atoms with Crippen molar-refractivity contribution >= 4 is 17.7 Å². The standard InChI is InChI=1S/C17H26N4O3/c18-15(22)12(6-10-3-4-19-16(10)23)21-17(24)14-13-9-2-1-8(5-9)11(13)7-20-14/h8-14,20H,1-7H2,(H2,18,22)(H,19,23)(H,21,24)/t8-,9+,10+,11-,12+,13+,14+/m1/s1. The summed E-state index contributed by atoms with van der Waals surface area (Å²) in [6, 6.07) is -0.990. The molecule has 132 valence electrons. The van der Waals surface area contributed by atoms with Crippen molar-refractivity contribution in [3.05, 3.63) is 0 Å². The van der Waals surface area contributed by atoms with Gasteiger partial charge in [-0.05, 0) is 62.3 Å². The number of carbonyl (C=O) groups is 3. The highest BCUT2D eigenvalue weighted by Gasteiger charge is 2.55. The van der Waals surface area contributed by atoms with Gasteiger partial charge in [-0.2, -0.15) is 0 Å². The molecule has 4 fully saturated rings. The van der Waals surface area contributed by atoms with Gasteiger partial charge in [0.05, 0.1) is 6.04 Å². The summed E-state index contributed by atoms with van der Waals surface area (Å²) in [4.78, 5) is 36.2. The topological polar surface area (TPSA) is 113 Å². The first kappa shape index (κ1) is 15.9. The summed E-state index contributed by atoms with van der Waals surface area (Å²) in [5.74, 6) is 1.41. The van der Waals surface area contributed by atoms with Gasteiger partial charge in [0, 0.05) is 12.5 Å². The Balaban J connectivity index is 1.40. The molecule has 7 heteroatoms. The lowest BCUT2D eigenvalue weighted by Crippen LogP contribution is -2.53. The van der Waals surface area contributed by atoms with Crippen LogP contribution in [0.2, 0.25) is 0 Å². The minimum absolute atomic E-state index is 0.0531. The maximum atomic E-state index is 12.8. The van der Waals surface area contributed by atoms with Crippen LogP contribution in [-0.2, 0) is 14.4 Å². The van der Waals surface area contributed by atoms with E-state index in [9.17, 15) is 14.4 Å². The zero-order valence-corrected chi connectivity index (χ0v) is 13.8. The summed E-state index contributed by atoms with van der Waals surface area (Å²) in [6.45, 7) is 1.52. The number of hydrogen-bond acceptors (Lipinski definition) is 4. The van der Waals surface area contributed by atoms with Crippen LogP contribution in [0.1, 0.15) is 32.1 Å². The van der Waals surface area contributed by atoms with Crippen molar-refractivity contribution < 1.29 is 14.4 Å². The van der Waals surface area contributed by atoms with Gasteiger partial charge in [-0.15, -0.1) is 0 Å². The van der Waals surface area contributed by atoms with Crippen molar-refractivity contribution in [3.63, 3.8) is 0 Å². The summed E-state index contributed by atoms with van der Waals surface area (Å²) in [7, 11) is 0. The second-order valence-electron chi connectivity index (χ2n) is 7.94. The highest BCUT2D eigenvalue weighted by Crippen LogP contribution is 2.55. The molecule has 2 bridgehead atoms. The van der Waals surface area contributed by atoms with E-state index in [1.165, 1.54) is 19.3 Å². The predicted octanol–water partition coefficient (Wildman–Crippen LogP) is -0.883. The molecule has 0 unspecified atom stereocenters. The van der Waals surface area contributed by atoms with E-state index in [0.717, 1.165) is 12.5 Å². The monoisotopic (exact) mass is 334 g/mol. The Labute approximate surface area is 141 Å². The van der Waals surface area contributed by atoms with Gasteiger partial charge in [0.2, 0.25) is 17.7 Å². The van der Waals surface area contributed by atoms with Crippen LogP contribution >= 0.6 is 0 Å². The molecular formula is C17H26N4O3. The van der Waals surface area contributed by atoms with Crippen molar-refractivity contribution in [2.45, 2.75) is 44.2 Å². The summed E-state index contributed by atoms with van der Waals surface area (Å²) < 4.78 is 0. The Hall–Kier alpha value is -1.63. The molecule has 7 atom stereocenters. The Kier molecular flexibility index (Phi) is 3.98. The average Bonchev–Trinajstić information content (AvgIpc) is 3.28. The summed E-state index contributed by atoms with van der Waals surface area (Å²) in [6.07, 6.45) is 4.75. The Bertz CT molecular complexity index is 566. The van der Waals surface area contributed by atoms with Crippen molar-refractivity contribution in [2.24, 2.45) is 35.3 Å². The van der Waals surface area contributed by atoms with Crippen LogP contribution in [0.3, 0.4) is 0 Å². The lowest BCUT2D eigenvalue weighted by molar-refractivity contribution is -0.130. The number of nitrogens with two attached hydrogens (primary N) is 1. The van der Waals surface area contributed by atoms with Crippen LogP contribution in [0.5, 0.6) is 0 Å². The van der Waals surface area contributed by atoms with Gasteiger partial charge in [-0.1, -0.05) is 0 Å². The van der Waals surface area contributed by atoms with Crippen molar-refractivity contribution in [2.75, 3.05) is 13.1 Å². The van der Waals surface area contributed by atoms with E-state index < -0.39 is 11.9 Å². The third-order valence-corrected chi connectivity index (χ3v) is 6.74. The van der Waals surface area contributed by atoms with E-state index in [4.69, 9.17) is 5.73 Å². The molecule has 0 aromatic heterocycles. The first-order chi connectivity index (χ1) is 11.5. The lowest BCUT2D eigenvalue weighted by atomic mass is 9.78. The molecule has 0 aromatic rings. The largest absolute Gasteiger partial charge is 0.368 e. The van der Waals surface area contributed by atoms with Gasteiger partial charge in [-0.25, -0.2) is 0 Å². The fourth-order valence-electron chi connectivity index (χ4n) is 5.61. The van der Waals surface area contributed by atoms with Crippen molar-refractivity contribution in [1.29, 1.82) is 0 Å². The second kappa shape index (κ2) is 6.02. The van der Waals surface area contributed by atoms with Gasteiger partial charge < -0.3 is 21.7 Å². The number of hydrogen-bond donors (Lipinski definition) is 4. The second-order valence-corrected chi connectivity index (χ2v) is 7.94. The number of amides is 3. The fraction of sp³-hybridized carbons (Fsp3) is 0.824. The minimum Gasteiger partial charge on any atom is -0.368 e. The Morgan fingerprint density at radius 3 is 2.75 bits per heavy atom. The molecule has 0 aromatic carbocycles. The molecule has 4 rings (SSSR count). The normalized spacial score (nSPS) is 41.1. The summed E-state index contributed by atoms with van der Waals surface area (Å²) >= 11 is 0. The van der Waals surface area contributed by atoms with Crippen LogP contribution in [0.25, 0.3) is 0 Å². The SMILES string of the molecule is NC(=O)[C@H](C[C@@H]1CCNC1=O)NC(=O)[C@H]1NC[C@@H]2[C@@H]3CC[C@@H](C3)[C@@H]21. The zero-order chi connectivity index (χ0) is 16.8. The van der Waals surface area contributed by atoms with Crippen LogP contribution in [0.15, 0.2) is 0 Å². The molecule has 2 aliphatic carbocycles. The highest BCUT2D eigenvalue weighted by atomic mass is 16.2. The van der Waals surface area contributed by atoms with Gasteiger partial charge in [0.15, 0.2) is 0 Å². The van der Waals surface area contributed by atoms with Gasteiger partial charge in [0.1, 0.15) is 6.04 Å². The average molecular weight is 334 g/mol. The Morgan fingerprint density at radius 1 is 1.25 bits per heavy atom. The van der Waals surface area contributed by atoms with E-state index in [2.05, 4.69) is 16.0 Å². The van der Waals surface area contributed by atoms with E-state index >= 15 is 0 Å². The molecule has 5 N–H and O–H groups in total. The molecule has 4 aliphatic rings. The fourth-order valence-corrected chi connectivity index (χ4v) is 5.61. The Morgan fingerprint density at radius 2 is 2.04 bits per heavy atom. The van der Waals surface area contributed by atoms with Crippen LogP contribution in [0.4, 0.5) is 0 Å². The van der Waals surface area contributed by atoms with Crippen LogP contribution in [-0.4, -0.2) is 42.9 Å². The highest BCUT2D eigenvalue weighted by molar-refractivity contribution is 5.90. The number of primary amides is 1. The van der Waals surface area contributed by atoms with Crippen molar-refractivity contribution in [3.8, 4) is 0 Å². The van der Waals surface area contributed by atoms with E-state index in [1.54, 1.807) is 0 Å². The smallest absolute Gasteiger partial charge is 0.240 e. The molecular weight excluding hydrogens is 308 g/mol. The van der Waals surface area contributed by atoms with Gasteiger partial charge in [-0.3, -0.25) is 14.4 Å².